The zero-order valence-electron chi connectivity index (χ0n) is 20.5. The lowest BCUT2D eigenvalue weighted by atomic mass is 9.98. The summed E-state index contributed by atoms with van der Waals surface area (Å²) in [6.45, 7) is 5.34. The Balaban J connectivity index is 1.44. The number of aliphatic carboxylic acids is 1. The average Bonchev–Trinajstić information content (AvgIpc) is 3.15. The van der Waals surface area contributed by atoms with Gasteiger partial charge in [-0.25, -0.2) is 14.4 Å². The van der Waals surface area contributed by atoms with E-state index in [2.05, 4.69) is 5.32 Å². The lowest BCUT2D eigenvalue weighted by Gasteiger charge is -2.21. The first-order valence-electron chi connectivity index (χ1n) is 11.8. The van der Waals surface area contributed by atoms with Crippen molar-refractivity contribution in [2.45, 2.75) is 44.8 Å². The SMILES string of the molecule is CC(C)(C)OC(=O)c1ccccc1C[C@H](NC(=O)OCC1c2ccccc2-c2ccccc21)C(=O)O. The molecule has 1 aliphatic carbocycles. The third-order valence-electron chi connectivity index (χ3n) is 5.99. The van der Waals surface area contributed by atoms with Gasteiger partial charge in [0.2, 0.25) is 0 Å². The number of hydrogen-bond donors (Lipinski definition) is 2. The Kier molecular flexibility index (Phi) is 7.10. The van der Waals surface area contributed by atoms with Crippen LogP contribution in [0.15, 0.2) is 72.8 Å². The summed E-state index contributed by atoms with van der Waals surface area (Å²) in [7, 11) is 0. The lowest BCUT2D eigenvalue weighted by molar-refractivity contribution is -0.139. The summed E-state index contributed by atoms with van der Waals surface area (Å²) < 4.78 is 10.9. The molecule has 2 N–H and O–H groups in total. The van der Waals surface area contributed by atoms with Crippen LogP contribution in [0.2, 0.25) is 0 Å². The summed E-state index contributed by atoms with van der Waals surface area (Å²) in [5.74, 6) is -1.93. The van der Waals surface area contributed by atoms with E-state index < -0.39 is 29.7 Å². The van der Waals surface area contributed by atoms with Crippen molar-refractivity contribution in [3.05, 3.63) is 95.1 Å². The molecular weight excluding hydrogens is 458 g/mol. The van der Waals surface area contributed by atoms with Gasteiger partial charge in [0.05, 0.1) is 5.56 Å². The number of benzene rings is 3. The van der Waals surface area contributed by atoms with Crippen molar-refractivity contribution in [3.63, 3.8) is 0 Å². The van der Waals surface area contributed by atoms with E-state index in [1.54, 1.807) is 45.0 Å². The molecular formula is C29H29NO6. The highest BCUT2D eigenvalue weighted by Crippen LogP contribution is 2.44. The van der Waals surface area contributed by atoms with Crippen LogP contribution in [0.1, 0.15) is 53.7 Å². The smallest absolute Gasteiger partial charge is 0.407 e. The van der Waals surface area contributed by atoms with Gasteiger partial charge in [0, 0.05) is 12.3 Å². The van der Waals surface area contributed by atoms with Crippen LogP contribution in [0.5, 0.6) is 0 Å². The van der Waals surface area contributed by atoms with Crippen LogP contribution < -0.4 is 5.32 Å². The van der Waals surface area contributed by atoms with Crippen LogP contribution in [0.3, 0.4) is 0 Å². The summed E-state index contributed by atoms with van der Waals surface area (Å²) >= 11 is 0. The number of alkyl carbamates (subject to hydrolysis) is 1. The van der Waals surface area contributed by atoms with Crippen molar-refractivity contribution in [1.82, 2.24) is 5.32 Å². The Bertz CT molecular complexity index is 1250. The number of carbonyl (C=O) groups excluding carboxylic acids is 2. The molecule has 7 nitrogen and oxygen atoms in total. The minimum absolute atomic E-state index is 0.0701. The Morgan fingerprint density at radius 1 is 0.889 bits per heavy atom. The summed E-state index contributed by atoms with van der Waals surface area (Å²) in [5, 5.41) is 12.2. The second-order valence-electron chi connectivity index (χ2n) is 9.72. The van der Waals surface area contributed by atoms with E-state index in [0.717, 1.165) is 22.3 Å². The fourth-order valence-electron chi connectivity index (χ4n) is 4.43. The Hall–Kier alpha value is -4.13. The predicted molar refractivity (Wildman–Crippen MR) is 135 cm³/mol. The van der Waals surface area contributed by atoms with Crippen molar-refractivity contribution >= 4 is 18.0 Å². The van der Waals surface area contributed by atoms with Gasteiger partial charge in [-0.3, -0.25) is 0 Å². The van der Waals surface area contributed by atoms with Gasteiger partial charge in [-0.1, -0.05) is 66.7 Å². The number of carboxylic acid groups (broad SMARTS) is 1. The van der Waals surface area contributed by atoms with Gasteiger partial charge in [-0.15, -0.1) is 0 Å². The molecule has 0 aliphatic heterocycles. The Morgan fingerprint density at radius 3 is 2.03 bits per heavy atom. The highest BCUT2D eigenvalue weighted by molar-refractivity contribution is 5.92. The standard InChI is InChI=1S/C29H29NO6/c1-29(2,3)36-27(33)19-11-5-4-10-18(19)16-25(26(31)32)30-28(34)35-17-24-22-14-8-6-12-20(22)21-13-7-9-15-23(21)24/h4-15,24-25H,16-17H2,1-3H3,(H,30,34)(H,31,32)/t25-/m0/s1. The zero-order valence-corrected chi connectivity index (χ0v) is 20.5. The predicted octanol–water partition coefficient (Wildman–Crippen LogP) is 5.18. The second-order valence-corrected chi connectivity index (χ2v) is 9.72. The molecule has 0 saturated heterocycles. The molecule has 0 bridgehead atoms. The number of ether oxygens (including phenoxy) is 2. The highest BCUT2D eigenvalue weighted by Gasteiger charge is 2.30. The van der Waals surface area contributed by atoms with Gasteiger partial charge in [0.15, 0.2) is 0 Å². The molecule has 7 heteroatoms. The fraction of sp³-hybridized carbons (Fsp3) is 0.276. The largest absolute Gasteiger partial charge is 0.480 e. The quantitative estimate of drug-likeness (QED) is 0.446. The molecule has 1 amide bonds. The molecule has 3 aromatic rings. The zero-order chi connectivity index (χ0) is 25.9. The summed E-state index contributed by atoms with van der Waals surface area (Å²) in [5.41, 5.74) is 4.34. The molecule has 0 saturated carbocycles. The van der Waals surface area contributed by atoms with Crippen molar-refractivity contribution in [2.75, 3.05) is 6.61 Å². The number of esters is 1. The topological polar surface area (TPSA) is 102 Å². The van der Waals surface area contributed by atoms with Gasteiger partial charge in [-0.05, 0) is 54.7 Å². The number of carboxylic acids is 1. The van der Waals surface area contributed by atoms with E-state index in [4.69, 9.17) is 9.47 Å². The van der Waals surface area contributed by atoms with Crippen molar-refractivity contribution in [1.29, 1.82) is 0 Å². The number of fused-ring (bicyclic) bond motifs is 3. The van der Waals surface area contributed by atoms with Gasteiger partial charge in [0.25, 0.3) is 0 Å². The number of hydrogen-bond acceptors (Lipinski definition) is 5. The minimum atomic E-state index is -1.29. The van der Waals surface area contributed by atoms with Gasteiger partial charge < -0.3 is 19.9 Å². The molecule has 186 valence electrons. The Labute approximate surface area is 210 Å². The average molecular weight is 488 g/mol. The maximum Gasteiger partial charge on any atom is 0.407 e. The Morgan fingerprint density at radius 2 is 1.44 bits per heavy atom. The molecule has 0 fully saturated rings. The third kappa shape index (κ3) is 5.57. The number of nitrogens with one attached hydrogen (secondary N) is 1. The van der Waals surface area contributed by atoms with E-state index in [-0.39, 0.29) is 24.5 Å². The number of rotatable bonds is 7. The fourth-order valence-corrected chi connectivity index (χ4v) is 4.43. The molecule has 0 aromatic heterocycles. The van der Waals surface area contributed by atoms with E-state index in [1.165, 1.54) is 0 Å². The van der Waals surface area contributed by atoms with Crippen LogP contribution >= 0.6 is 0 Å². The summed E-state index contributed by atoms with van der Waals surface area (Å²) in [4.78, 5) is 37.2. The second kappa shape index (κ2) is 10.2. The van der Waals surface area contributed by atoms with Crippen LogP contribution in [0.25, 0.3) is 11.1 Å². The van der Waals surface area contributed by atoms with Crippen molar-refractivity contribution < 1.29 is 29.0 Å². The maximum atomic E-state index is 12.6. The van der Waals surface area contributed by atoms with Gasteiger partial charge in [0.1, 0.15) is 18.2 Å². The molecule has 0 heterocycles. The minimum Gasteiger partial charge on any atom is -0.480 e. The van der Waals surface area contributed by atoms with Crippen LogP contribution in [-0.2, 0) is 20.7 Å². The van der Waals surface area contributed by atoms with Gasteiger partial charge >= 0.3 is 18.0 Å². The van der Waals surface area contributed by atoms with Gasteiger partial charge in [-0.2, -0.15) is 0 Å². The molecule has 1 atom stereocenters. The van der Waals surface area contributed by atoms with Crippen molar-refractivity contribution in [3.8, 4) is 11.1 Å². The number of amides is 1. The van der Waals surface area contributed by atoms with E-state index in [0.29, 0.717) is 5.56 Å². The molecule has 0 spiro atoms. The lowest BCUT2D eigenvalue weighted by Crippen LogP contribution is -2.43. The maximum absolute atomic E-state index is 12.6. The summed E-state index contributed by atoms with van der Waals surface area (Å²) in [6, 6.07) is 21.2. The first-order valence-corrected chi connectivity index (χ1v) is 11.8. The number of carbonyl (C=O) groups is 3. The van der Waals surface area contributed by atoms with Crippen LogP contribution in [0, 0.1) is 0 Å². The van der Waals surface area contributed by atoms with E-state index in [9.17, 15) is 19.5 Å². The van der Waals surface area contributed by atoms with Crippen LogP contribution in [0.4, 0.5) is 4.79 Å². The molecule has 1 aliphatic rings. The van der Waals surface area contributed by atoms with Crippen molar-refractivity contribution in [2.24, 2.45) is 0 Å². The first-order chi connectivity index (χ1) is 17.1. The van der Waals surface area contributed by atoms with E-state index in [1.807, 2.05) is 48.5 Å². The van der Waals surface area contributed by atoms with Crippen LogP contribution in [-0.4, -0.2) is 41.4 Å². The molecule has 0 radical (unpaired) electrons. The molecule has 36 heavy (non-hydrogen) atoms. The highest BCUT2D eigenvalue weighted by atomic mass is 16.6. The summed E-state index contributed by atoms with van der Waals surface area (Å²) in [6.07, 6.45) is -0.936. The third-order valence-corrected chi connectivity index (χ3v) is 5.99. The molecule has 3 aromatic carbocycles. The first kappa shape index (κ1) is 25.0. The molecule has 4 rings (SSSR count). The normalized spacial score (nSPS) is 13.3. The van der Waals surface area contributed by atoms with E-state index >= 15 is 0 Å². The molecule has 0 unspecified atom stereocenters. The monoisotopic (exact) mass is 487 g/mol.